The second-order valence-electron chi connectivity index (χ2n) is 5.45. The molecule has 22 heavy (non-hydrogen) atoms. The molecule has 1 saturated carbocycles. The molecule has 0 saturated heterocycles. The molecule has 1 fully saturated rings. The van der Waals surface area contributed by atoms with E-state index in [1.54, 1.807) is 19.3 Å². The Balaban J connectivity index is 2.19. The smallest absolute Gasteiger partial charge is 0.326 e. The summed E-state index contributed by atoms with van der Waals surface area (Å²) in [5, 5.41) is 11.9. The summed E-state index contributed by atoms with van der Waals surface area (Å²) in [4.78, 5) is 23.9. The van der Waals surface area contributed by atoms with Crippen LogP contribution in [0, 0.1) is 0 Å². The lowest BCUT2D eigenvalue weighted by atomic mass is 9.93. The number of nitrogens with one attached hydrogen (secondary N) is 1. The molecule has 1 aliphatic rings. The van der Waals surface area contributed by atoms with E-state index in [1.165, 1.54) is 0 Å². The van der Waals surface area contributed by atoms with Crippen LogP contribution >= 0.6 is 0 Å². The first kappa shape index (κ1) is 16.1. The van der Waals surface area contributed by atoms with Gasteiger partial charge in [0.25, 0.3) is 0 Å². The van der Waals surface area contributed by atoms with Crippen LogP contribution in [0.2, 0.25) is 0 Å². The number of methoxy groups -OCH3 is 1. The van der Waals surface area contributed by atoms with Crippen LogP contribution in [-0.4, -0.2) is 30.1 Å². The van der Waals surface area contributed by atoms with Crippen molar-refractivity contribution in [3.63, 3.8) is 0 Å². The van der Waals surface area contributed by atoms with Crippen LogP contribution in [0.1, 0.15) is 31.7 Å². The highest BCUT2D eigenvalue weighted by molar-refractivity contribution is 5.94. The maximum Gasteiger partial charge on any atom is 0.326 e. The molecule has 1 aromatic rings. The molecule has 0 radical (unpaired) electrons. The fourth-order valence-corrected chi connectivity index (χ4v) is 2.57. The largest absolute Gasteiger partial charge is 0.496 e. The van der Waals surface area contributed by atoms with E-state index in [0.29, 0.717) is 18.6 Å². The fourth-order valence-electron chi connectivity index (χ4n) is 2.57. The summed E-state index contributed by atoms with van der Waals surface area (Å²) < 4.78 is 5.33. The van der Waals surface area contributed by atoms with Gasteiger partial charge >= 0.3 is 5.97 Å². The van der Waals surface area contributed by atoms with Gasteiger partial charge in [-0.15, -0.1) is 0 Å². The highest BCUT2D eigenvalue weighted by Crippen LogP contribution is 2.51. The number of hydrogen-bond donors (Lipinski definition) is 2. The molecule has 5 heteroatoms. The molecule has 2 rings (SSSR count). The highest BCUT2D eigenvalue weighted by atomic mass is 16.5. The van der Waals surface area contributed by atoms with Crippen LogP contribution in [0.4, 0.5) is 0 Å². The molecule has 0 aliphatic heterocycles. The lowest BCUT2D eigenvalue weighted by Gasteiger charge is -2.21. The van der Waals surface area contributed by atoms with Gasteiger partial charge in [-0.05, 0) is 32.3 Å². The molecule has 118 valence electrons. The SMILES string of the molecule is C/C=C/CC(NC(=O)C1(c2ccccc2OC)CC1)C(=O)O. The Bertz CT molecular complexity index is 590. The third kappa shape index (κ3) is 3.13. The van der Waals surface area contributed by atoms with E-state index >= 15 is 0 Å². The monoisotopic (exact) mass is 303 g/mol. The van der Waals surface area contributed by atoms with E-state index in [9.17, 15) is 14.7 Å². The van der Waals surface area contributed by atoms with E-state index in [-0.39, 0.29) is 12.3 Å². The summed E-state index contributed by atoms with van der Waals surface area (Å²) in [6.07, 6.45) is 5.20. The first-order valence-corrected chi connectivity index (χ1v) is 7.33. The Hall–Kier alpha value is -2.30. The van der Waals surface area contributed by atoms with E-state index < -0.39 is 17.4 Å². The second kappa shape index (κ2) is 6.64. The van der Waals surface area contributed by atoms with E-state index in [1.807, 2.05) is 31.2 Å². The molecule has 1 aromatic carbocycles. The van der Waals surface area contributed by atoms with Crippen molar-refractivity contribution in [2.45, 2.75) is 37.6 Å². The molecule has 5 nitrogen and oxygen atoms in total. The van der Waals surface area contributed by atoms with Crippen LogP contribution in [-0.2, 0) is 15.0 Å². The molecule has 1 unspecified atom stereocenters. The second-order valence-corrected chi connectivity index (χ2v) is 5.45. The number of aliphatic carboxylic acids is 1. The maximum absolute atomic E-state index is 12.6. The Morgan fingerprint density at radius 1 is 1.41 bits per heavy atom. The van der Waals surface area contributed by atoms with Gasteiger partial charge in [-0.3, -0.25) is 4.79 Å². The first-order valence-electron chi connectivity index (χ1n) is 7.33. The molecule has 1 amide bonds. The number of benzene rings is 1. The quantitative estimate of drug-likeness (QED) is 0.758. The number of carboxylic acid groups (broad SMARTS) is 1. The summed E-state index contributed by atoms with van der Waals surface area (Å²) in [5.41, 5.74) is 0.168. The van der Waals surface area contributed by atoms with Crippen LogP contribution in [0.15, 0.2) is 36.4 Å². The zero-order valence-corrected chi connectivity index (χ0v) is 12.8. The number of carboxylic acids is 1. The van der Waals surface area contributed by atoms with Crippen molar-refractivity contribution in [2.24, 2.45) is 0 Å². The molecule has 1 atom stereocenters. The van der Waals surface area contributed by atoms with Crippen molar-refractivity contribution in [1.82, 2.24) is 5.32 Å². The summed E-state index contributed by atoms with van der Waals surface area (Å²) in [7, 11) is 1.57. The molecule has 2 N–H and O–H groups in total. The normalized spacial score (nSPS) is 17.0. The lowest BCUT2D eigenvalue weighted by molar-refractivity contribution is -0.142. The number of carbonyl (C=O) groups excluding carboxylic acids is 1. The minimum absolute atomic E-state index is 0.242. The summed E-state index contributed by atoms with van der Waals surface area (Å²) >= 11 is 0. The van der Waals surface area contributed by atoms with Crippen LogP contribution in [0.5, 0.6) is 5.75 Å². The van der Waals surface area contributed by atoms with Gasteiger partial charge in [-0.25, -0.2) is 4.79 Å². The van der Waals surface area contributed by atoms with Crippen molar-refractivity contribution in [3.8, 4) is 5.75 Å². The number of ether oxygens (including phenoxy) is 1. The minimum Gasteiger partial charge on any atom is -0.496 e. The van der Waals surface area contributed by atoms with Crippen LogP contribution < -0.4 is 10.1 Å². The van der Waals surface area contributed by atoms with Gasteiger partial charge in [-0.1, -0.05) is 30.4 Å². The third-order valence-electron chi connectivity index (χ3n) is 4.02. The van der Waals surface area contributed by atoms with Crippen molar-refractivity contribution in [1.29, 1.82) is 0 Å². The third-order valence-corrected chi connectivity index (χ3v) is 4.02. The van der Waals surface area contributed by atoms with E-state index in [0.717, 1.165) is 5.56 Å². The molecule has 0 bridgehead atoms. The summed E-state index contributed by atoms with van der Waals surface area (Å²) in [5.74, 6) is -0.605. The molecular formula is C17H21NO4. The number of carbonyl (C=O) groups is 2. The van der Waals surface area contributed by atoms with E-state index in [4.69, 9.17) is 4.74 Å². The zero-order chi connectivity index (χ0) is 16.2. The van der Waals surface area contributed by atoms with Crippen LogP contribution in [0.25, 0.3) is 0 Å². The van der Waals surface area contributed by atoms with Crippen LogP contribution in [0.3, 0.4) is 0 Å². The van der Waals surface area contributed by atoms with Gasteiger partial charge in [0.2, 0.25) is 5.91 Å². The Morgan fingerprint density at radius 3 is 2.64 bits per heavy atom. The first-order chi connectivity index (χ1) is 10.5. The van der Waals surface area contributed by atoms with Crippen molar-refractivity contribution in [3.05, 3.63) is 42.0 Å². The fraction of sp³-hybridized carbons (Fsp3) is 0.412. The summed E-state index contributed by atoms with van der Waals surface area (Å²) in [6.45, 7) is 1.82. The minimum atomic E-state index is -1.03. The summed E-state index contributed by atoms with van der Waals surface area (Å²) in [6, 6.07) is 6.49. The topological polar surface area (TPSA) is 75.6 Å². The van der Waals surface area contributed by atoms with Gasteiger partial charge in [0, 0.05) is 5.56 Å². The van der Waals surface area contributed by atoms with Gasteiger partial charge in [0.1, 0.15) is 11.8 Å². The van der Waals surface area contributed by atoms with Crippen molar-refractivity contribution >= 4 is 11.9 Å². The molecule has 0 spiro atoms. The molecule has 0 aromatic heterocycles. The van der Waals surface area contributed by atoms with Crippen molar-refractivity contribution in [2.75, 3.05) is 7.11 Å². The van der Waals surface area contributed by atoms with Gasteiger partial charge < -0.3 is 15.2 Å². The predicted molar refractivity (Wildman–Crippen MR) is 82.9 cm³/mol. The van der Waals surface area contributed by atoms with Gasteiger partial charge in [0.15, 0.2) is 0 Å². The number of amides is 1. The predicted octanol–water partition coefficient (Wildman–Crippen LogP) is 2.26. The number of hydrogen-bond acceptors (Lipinski definition) is 3. The highest BCUT2D eigenvalue weighted by Gasteiger charge is 2.53. The Kier molecular flexibility index (Phi) is 4.85. The van der Waals surface area contributed by atoms with Gasteiger partial charge in [0.05, 0.1) is 12.5 Å². The molecular weight excluding hydrogens is 282 g/mol. The molecule has 0 heterocycles. The average molecular weight is 303 g/mol. The number of para-hydroxylation sites is 1. The number of allylic oxidation sites excluding steroid dienone is 1. The lowest BCUT2D eigenvalue weighted by Crippen LogP contribution is -2.45. The zero-order valence-electron chi connectivity index (χ0n) is 12.8. The maximum atomic E-state index is 12.6. The number of rotatable bonds is 7. The Morgan fingerprint density at radius 2 is 2.09 bits per heavy atom. The Labute approximate surface area is 130 Å². The van der Waals surface area contributed by atoms with Crippen molar-refractivity contribution < 1.29 is 19.4 Å². The average Bonchev–Trinajstić information content (AvgIpc) is 3.32. The molecule has 1 aliphatic carbocycles. The van der Waals surface area contributed by atoms with E-state index in [2.05, 4.69) is 5.32 Å². The standard InChI is InChI=1S/C17H21NO4/c1-3-4-8-13(15(19)20)18-16(21)17(10-11-17)12-7-5-6-9-14(12)22-2/h3-7,9,13H,8,10-11H2,1-2H3,(H,18,21)(H,19,20)/b4-3+. The van der Waals surface area contributed by atoms with Gasteiger partial charge in [-0.2, -0.15) is 0 Å².